The van der Waals surface area contributed by atoms with Crippen molar-refractivity contribution in [1.29, 1.82) is 0 Å². The zero-order valence-electron chi connectivity index (χ0n) is 18.1. The van der Waals surface area contributed by atoms with Crippen molar-refractivity contribution < 1.29 is 33.2 Å². The predicted octanol–water partition coefficient (Wildman–Crippen LogP) is 3.05. The van der Waals surface area contributed by atoms with Gasteiger partial charge >= 0.3 is 17.8 Å². The van der Waals surface area contributed by atoms with Crippen LogP contribution in [-0.4, -0.2) is 36.0 Å². The molecule has 0 heterocycles. The van der Waals surface area contributed by atoms with Crippen LogP contribution < -0.4 is 20.2 Å². The fraction of sp³-hybridized carbons (Fsp3) is 0.0435. The molecule has 2 N–H and O–H groups in total. The second-order valence-corrected chi connectivity index (χ2v) is 6.71. The van der Waals surface area contributed by atoms with Crippen molar-refractivity contribution in [3.8, 4) is 11.5 Å². The smallest absolute Gasteiger partial charge is 0.350 e. The number of ether oxygens (including phenoxy) is 2. The summed E-state index contributed by atoms with van der Waals surface area (Å²) in [5.74, 6) is -3.82. The van der Waals surface area contributed by atoms with E-state index >= 15 is 0 Å². The molecule has 0 aliphatic carbocycles. The van der Waals surface area contributed by atoms with E-state index in [1.54, 1.807) is 0 Å². The Bertz CT molecular complexity index is 1330. The molecule has 0 aromatic heterocycles. The molecule has 0 fully saturated rings. The molecule has 0 saturated carbocycles. The summed E-state index contributed by atoms with van der Waals surface area (Å²) < 4.78 is 24.0. The molecule has 0 atom stereocenters. The summed E-state index contributed by atoms with van der Waals surface area (Å²) in [5.41, 5.74) is 1.59. The number of carbonyl (C=O) groups is 3. The maximum atomic E-state index is 13.6. The summed E-state index contributed by atoms with van der Waals surface area (Å²) in [4.78, 5) is 46.6. The average Bonchev–Trinajstić information content (AvgIpc) is 2.85. The molecular formula is C23H17FN4O7. The van der Waals surface area contributed by atoms with Gasteiger partial charge in [0.15, 0.2) is 11.5 Å². The van der Waals surface area contributed by atoms with Gasteiger partial charge in [-0.15, -0.1) is 0 Å². The van der Waals surface area contributed by atoms with Crippen LogP contribution >= 0.6 is 0 Å². The van der Waals surface area contributed by atoms with E-state index in [9.17, 15) is 28.9 Å². The largest absolute Gasteiger partial charge is 0.493 e. The number of benzene rings is 3. The van der Waals surface area contributed by atoms with Crippen LogP contribution in [0.25, 0.3) is 0 Å². The first-order valence-corrected chi connectivity index (χ1v) is 9.82. The standard InChI is InChI=1S/C23H17FN4O7/c1-34-20-12-14(13-25-27-22(30)21(29)26-17-8-4-3-7-16(17)24)10-11-19(20)35-23(31)15-6-2-5-9-18(15)28(32)33/h2-13H,1H3,(H,26,29)(H,27,30)/b25-13+. The molecule has 3 aromatic rings. The van der Waals surface area contributed by atoms with Crippen LogP contribution in [0.4, 0.5) is 15.8 Å². The minimum Gasteiger partial charge on any atom is -0.493 e. The fourth-order valence-corrected chi connectivity index (χ4v) is 2.77. The topological polar surface area (TPSA) is 149 Å². The van der Waals surface area contributed by atoms with Crippen molar-refractivity contribution in [3.63, 3.8) is 0 Å². The number of nitro benzene ring substituents is 1. The van der Waals surface area contributed by atoms with E-state index in [-0.39, 0.29) is 22.7 Å². The summed E-state index contributed by atoms with van der Waals surface area (Å²) in [6, 6.07) is 14.9. The zero-order valence-corrected chi connectivity index (χ0v) is 18.1. The van der Waals surface area contributed by atoms with E-state index in [1.165, 1.54) is 74.0 Å². The highest BCUT2D eigenvalue weighted by Gasteiger charge is 2.22. The number of nitro groups is 1. The predicted molar refractivity (Wildman–Crippen MR) is 122 cm³/mol. The number of anilines is 1. The Morgan fingerprint density at radius 1 is 1.00 bits per heavy atom. The van der Waals surface area contributed by atoms with Gasteiger partial charge in [0.2, 0.25) is 0 Å². The van der Waals surface area contributed by atoms with E-state index < -0.39 is 34.2 Å². The molecule has 35 heavy (non-hydrogen) atoms. The first kappa shape index (κ1) is 24.5. The molecular weight excluding hydrogens is 463 g/mol. The summed E-state index contributed by atoms with van der Waals surface area (Å²) in [6.07, 6.45) is 1.18. The molecule has 0 aliphatic heterocycles. The number of carbonyl (C=O) groups excluding carboxylic acids is 3. The van der Waals surface area contributed by atoms with Gasteiger partial charge in [-0.3, -0.25) is 19.7 Å². The van der Waals surface area contributed by atoms with E-state index in [0.29, 0.717) is 5.56 Å². The third-order valence-electron chi connectivity index (χ3n) is 4.42. The molecule has 12 heteroatoms. The summed E-state index contributed by atoms with van der Waals surface area (Å²) in [7, 11) is 1.31. The van der Waals surface area contributed by atoms with Gasteiger partial charge in [-0.05, 0) is 42.0 Å². The van der Waals surface area contributed by atoms with Crippen molar-refractivity contribution in [2.24, 2.45) is 5.10 Å². The van der Waals surface area contributed by atoms with E-state index in [0.717, 1.165) is 6.07 Å². The van der Waals surface area contributed by atoms with Crippen molar-refractivity contribution in [2.75, 3.05) is 12.4 Å². The first-order valence-electron chi connectivity index (χ1n) is 9.82. The minimum atomic E-state index is -1.13. The number of hydrazone groups is 1. The first-order chi connectivity index (χ1) is 16.8. The molecule has 0 unspecified atom stereocenters. The van der Waals surface area contributed by atoms with Crippen molar-refractivity contribution in [2.45, 2.75) is 0 Å². The van der Waals surface area contributed by atoms with Gasteiger partial charge in [0.05, 0.1) is 23.9 Å². The van der Waals surface area contributed by atoms with Crippen molar-refractivity contribution in [3.05, 3.63) is 93.8 Å². The highest BCUT2D eigenvalue weighted by atomic mass is 19.1. The maximum Gasteiger partial charge on any atom is 0.350 e. The van der Waals surface area contributed by atoms with Crippen LogP contribution in [0.2, 0.25) is 0 Å². The normalized spacial score (nSPS) is 10.5. The number of halogens is 1. The van der Waals surface area contributed by atoms with Crippen LogP contribution in [0.1, 0.15) is 15.9 Å². The highest BCUT2D eigenvalue weighted by molar-refractivity contribution is 6.39. The molecule has 178 valence electrons. The lowest BCUT2D eigenvalue weighted by Crippen LogP contribution is -2.32. The van der Waals surface area contributed by atoms with Crippen LogP contribution in [0, 0.1) is 15.9 Å². The molecule has 11 nitrogen and oxygen atoms in total. The van der Waals surface area contributed by atoms with Gasteiger partial charge in [-0.2, -0.15) is 5.10 Å². The number of nitrogens with one attached hydrogen (secondary N) is 2. The van der Waals surface area contributed by atoms with Crippen LogP contribution in [-0.2, 0) is 9.59 Å². The lowest BCUT2D eigenvalue weighted by atomic mass is 10.2. The monoisotopic (exact) mass is 480 g/mol. The van der Waals surface area contributed by atoms with E-state index in [1.807, 2.05) is 5.43 Å². The molecule has 0 bridgehead atoms. The lowest BCUT2D eigenvalue weighted by molar-refractivity contribution is -0.385. The van der Waals surface area contributed by atoms with Gasteiger partial charge in [0.1, 0.15) is 11.4 Å². The number of rotatable bonds is 7. The van der Waals surface area contributed by atoms with E-state index in [4.69, 9.17) is 9.47 Å². The third kappa shape index (κ3) is 6.22. The average molecular weight is 480 g/mol. The Kier molecular flexibility index (Phi) is 7.80. The fourth-order valence-electron chi connectivity index (χ4n) is 2.77. The number of hydrogen-bond acceptors (Lipinski definition) is 8. The Labute approximate surface area is 197 Å². The molecule has 0 radical (unpaired) electrons. The SMILES string of the molecule is COc1cc(/C=N/NC(=O)C(=O)Nc2ccccc2F)ccc1OC(=O)c1ccccc1[N+](=O)[O-]. The maximum absolute atomic E-state index is 13.6. The molecule has 2 amide bonds. The quantitative estimate of drug-likeness (QED) is 0.132. The molecule has 3 rings (SSSR count). The summed E-state index contributed by atoms with van der Waals surface area (Å²) in [6.45, 7) is 0. The van der Waals surface area contributed by atoms with Crippen LogP contribution in [0.15, 0.2) is 71.8 Å². The number of esters is 1. The van der Waals surface area contributed by atoms with Gasteiger partial charge < -0.3 is 14.8 Å². The van der Waals surface area contributed by atoms with Crippen molar-refractivity contribution in [1.82, 2.24) is 5.43 Å². The van der Waals surface area contributed by atoms with Gasteiger partial charge in [0.25, 0.3) is 5.69 Å². The lowest BCUT2D eigenvalue weighted by Gasteiger charge is -2.10. The van der Waals surface area contributed by atoms with Crippen molar-refractivity contribution >= 4 is 35.4 Å². The molecule has 0 saturated heterocycles. The molecule has 3 aromatic carbocycles. The highest BCUT2D eigenvalue weighted by Crippen LogP contribution is 2.29. The molecule has 0 aliphatic rings. The minimum absolute atomic E-state index is 0.0129. The summed E-state index contributed by atoms with van der Waals surface area (Å²) >= 11 is 0. The Morgan fingerprint density at radius 3 is 2.43 bits per heavy atom. The van der Waals surface area contributed by atoms with Gasteiger partial charge in [-0.25, -0.2) is 14.6 Å². The number of amides is 2. The van der Waals surface area contributed by atoms with E-state index in [2.05, 4.69) is 10.4 Å². The number of para-hydroxylation sites is 2. The van der Waals surface area contributed by atoms with Crippen LogP contribution in [0.5, 0.6) is 11.5 Å². The number of methoxy groups -OCH3 is 1. The molecule has 0 spiro atoms. The Balaban J connectivity index is 1.65. The van der Waals surface area contributed by atoms with Gasteiger partial charge in [0, 0.05) is 6.07 Å². The number of nitrogens with zero attached hydrogens (tertiary/aromatic N) is 2. The van der Waals surface area contributed by atoms with Gasteiger partial charge in [-0.1, -0.05) is 24.3 Å². The number of hydrogen-bond donors (Lipinski definition) is 2. The zero-order chi connectivity index (χ0) is 25.4. The summed E-state index contributed by atoms with van der Waals surface area (Å²) in [5, 5.41) is 16.9. The second-order valence-electron chi connectivity index (χ2n) is 6.71. The second kappa shape index (κ2) is 11.1. The third-order valence-corrected chi connectivity index (χ3v) is 4.42. The Morgan fingerprint density at radius 2 is 1.71 bits per heavy atom. The van der Waals surface area contributed by atoms with Crippen LogP contribution in [0.3, 0.4) is 0 Å². The Hall–Kier alpha value is -5.13.